The van der Waals surface area contributed by atoms with Gasteiger partial charge in [-0.1, -0.05) is 6.92 Å². The Morgan fingerprint density at radius 2 is 1.31 bits per heavy atom. The lowest BCUT2D eigenvalue weighted by Crippen LogP contribution is -2.48. The number of carbonyl (C=O) groups excluding carboxylic acids is 9. The van der Waals surface area contributed by atoms with Crippen LogP contribution in [0, 0.1) is 5.92 Å². The highest BCUT2D eigenvalue weighted by Gasteiger charge is 2.42. The summed E-state index contributed by atoms with van der Waals surface area (Å²) in [6.45, 7) is 10.0. The minimum absolute atomic E-state index is 0.00968. The average molecular weight is 931 g/mol. The van der Waals surface area contributed by atoms with E-state index in [2.05, 4.69) is 37.2 Å². The van der Waals surface area contributed by atoms with E-state index in [4.69, 9.17) is 25.1 Å². The van der Waals surface area contributed by atoms with Crippen molar-refractivity contribution in [1.29, 1.82) is 0 Å². The minimum atomic E-state index is -1.01. The number of nitrogens with one attached hydrogen (secondary N) is 7. The predicted molar refractivity (Wildman–Crippen MR) is 239 cm³/mol. The molecule has 0 aliphatic heterocycles. The van der Waals surface area contributed by atoms with Crippen LogP contribution in [0.4, 0.5) is 4.79 Å². The molecule has 0 bridgehead atoms. The van der Waals surface area contributed by atoms with Gasteiger partial charge in [0.15, 0.2) is 5.78 Å². The Hall–Kier alpha value is -4.38. The van der Waals surface area contributed by atoms with Crippen molar-refractivity contribution in [1.82, 2.24) is 37.2 Å². The third kappa shape index (κ3) is 26.4. The zero-order valence-electron chi connectivity index (χ0n) is 38.3. The number of hydrogen-bond donors (Lipinski definition) is 9. The molecule has 0 aromatic carbocycles. The van der Waals surface area contributed by atoms with E-state index in [0.29, 0.717) is 51.6 Å². The highest BCUT2D eigenvalue weighted by molar-refractivity contribution is 8.00. The van der Waals surface area contributed by atoms with Crippen LogP contribution in [0.1, 0.15) is 105 Å². The van der Waals surface area contributed by atoms with Crippen molar-refractivity contribution in [2.45, 2.75) is 134 Å². The largest absolute Gasteiger partial charge is 0.444 e. The van der Waals surface area contributed by atoms with Gasteiger partial charge in [0.1, 0.15) is 29.5 Å². The molecule has 0 heterocycles. The molecule has 5 atom stereocenters. The Labute approximate surface area is 381 Å². The van der Waals surface area contributed by atoms with Crippen molar-refractivity contribution < 1.29 is 62.5 Å². The quantitative estimate of drug-likeness (QED) is 0.0290. The van der Waals surface area contributed by atoms with Gasteiger partial charge in [-0.15, -0.1) is 11.8 Å². The van der Waals surface area contributed by atoms with Crippen LogP contribution in [-0.2, 0) is 52.6 Å². The molecule has 5 unspecified atom stereocenters. The number of aliphatic hydroxyl groups is 1. The van der Waals surface area contributed by atoms with Crippen LogP contribution in [0.25, 0.3) is 0 Å². The highest BCUT2D eigenvalue weighted by Crippen LogP contribution is 2.31. The number of Topliss-reactive ketones (excluding diaryl/α,β-unsaturated/α-hetero) is 2. The lowest BCUT2D eigenvalue weighted by molar-refractivity contribution is -0.131. The Bertz CT molecular complexity index is 1500. The molecular weight excluding hydrogens is 857 g/mol. The molecular formula is C42H74N8O13S. The van der Waals surface area contributed by atoms with Gasteiger partial charge in [-0.25, -0.2) is 4.79 Å². The first-order valence-electron chi connectivity index (χ1n) is 22.2. The third-order valence-corrected chi connectivity index (χ3v) is 10.8. The molecule has 0 aromatic rings. The number of nitrogens with two attached hydrogens (primary N) is 1. The lowest BCUT2D eigenvalue weighted by Gasteiger charge is -2.20. The van der Waals surface area contributed by atoms with Crippen LogP contribution in [-0.4, -0.2) is 159 Å². The number of rotatable bonds is 34. The van der Waals surface area contributed by atoms with Crippen molar-refractivity contribution >= 4 is 64.9 Å². The van der Waals surface area contributed by atoms with Crippen molar-refractivity contribution in [2.24, 2.45) is 11.7 Å². The first-order chi connectivity index (χ1) is 30.4. The molecule has 21 nitrogen and oxygen atoms in total. The van der Waals surface area contributed by atoms with Gasteiger partial charge in [0.05, 0.1) is 44.2 Å². The van der Waals surface area contributed by atoms with E-state index < -0.39 is 58.7 Å². The summed E-state index contributed by atoms with van der Waals surface area (Å²) in [5.74, 6) is -4.14. The molecule has 1 rings (SSSR count). The summed E-state index contributed by atoms with van der Waals surface area (Å²) in [7, 11) is 0. The summed E-state index contributed by atoms with van der Waals surface area (Å²) >= 11 is 1.12. The van der Waals surface area contributed by atoms with E-state index in [1.54, 1.807) is 20.8 Å². The van der Waals surface area contributed by atoms with Crippen LogP contribution in [0.2, 0.25) is 0 Å². The van der Waals surface area contributed by atoms with Gasteiger partial charge < -0.3 is 62.3 Å². The maximum atomic E-state index is 13.3. The average Bonchev–Trinajstić information content (AvgIpc) is 3.50. The van der Waals surface area contributed by atoms with Crippen LogP contribution in [0.15, 0.2) is 0 Å². The van der Waals surface area contributed by atoms with Crippen molar-refractivity contribution in [2.75, 3.05) is 71.5 Å². The minimum Gasteiger partial charge on any atom is -0.444 e. The second-order valence-electron chi connectivity index (χ2n) is 16.3. The zero-order chi connectivity index (χ0) is 47.9. The van der Waals surface area contributed by atoms with Crippen molar-refractivity contribution in [3.63, 3.8) is 0 Å². The normalized spacial score (nSPS) is 16.2. The number of ether oxygens (including phenoxy) is 3. The van der Waals surface area contributed by atoms with E-state index in [9.17, 15) is 43.2 Å². The van der Waals surface area contributed by atoms with Gasteiger partial charge in [-0.2, -0.15) is 0 Å². The topological polar surface area (TPSA) is 312 Å². The van der Waals surface area contributed by atoms with E-state index >= 15 is 0 Å². The molecule has 0 saturated heterocycles. The van der Waals surface area contributed by atoms with Gasteiger partial charge in [-0.05, 0) is 78.7 Å². The molecule has 0 spiro atoms. The standard InChI is InChI=1S/C42H74N8O13S/c1-6-17-44-40(59)32(48-28(2)52)27-64-34-26-33(53)29(37(34)56)13-14-35(54)49-31(12-8-10-18-47-41(60)63-42(3,4)5)39(58)46-20-23-62-25-24-61-22-15-36(55)50-30(11-7-9-16-43)38(57)45-19-21-51/h29-32,34,51H,6-27,43H2,1-5H3,(H,44,59)(H,45,57)(H,46,58)(H,47,60)(H,48,52)(H,49,54)(H,50,55). The van der Waals surface area contributed by atoms with Crippen LogP contribution >= 0.6 is 11.8 Å². The van der Waals surface area contributed by atoms with E-state index in [-0.39, 0.29) is 120 Å². The summed E-state index contributed by atoms with van der Waals surface area (Å²) in [6, 6.07) is -2.60. The number of carbonyl (C=O) groups is 9. The fourth-order valence-corrected chi connectivity index (χ4v) is 7.51. The second-order valence-corrected chi connectivity index (χ2v) is 17.5. The molecule has 10 N–H and O–H groups in total. The molecule has 1 aliphatic carbocycles. The number of thioether (sulfide) groups is 1. The highest BCUT2D eigenvalue weighted by atomic mass is 32.2. The van der Waals surface area contributed by atoms with Gasteiger partial charge >= 0.3 is 6.09 Å². The van der Waals surface area contributed by atoms with E-state index in [1.165, 1.54) is 6.92 Å². The summed E-state index contributed by atoms with van der Waals surface area (Å²) < 4.78 is 16.3. The number of alkyl carbamates (subject to hydrolysis) is 1. The number of unbranched alkanes of at least 4 members (excludes halogenated alkanes) is 2. The summed E-state index contributed by atoms with van der Waals surface area (Å²) in [5, 5.41) is 26.9. The number of ketones is 2. The van der Waals surface area contributed by atoms with Crippen molar-refractivity contribution in [3.8, 4) is 0 Å². The molecule has 64 heavy (non-hydrogen) atoms. The molecule has 366 valence electrons. The molecule has 0 radical (unpaired) electrons. The third-order valence-electron chi connectivity index (χ3n) is 9.44. The Morgan fingerprint density at radius 1 is 0.734 bits per heavy atom. The van der Waals surface area contributed by atoms with Crippen molar-refractivity contribution in [3.05, 3.63) is 0 Å². The first-order valence-corrected chi connectivity index (χ1v) is 23.3. The van der Waals surface area contributed by atoms with Gasteiger partial charge in [0.2, 0.25) is 35.4 Å². The zero-order valence-corrected chi connectivity index (χ0v) is 39.1. The molecule has 1 saturated carbocycles. The molecule has 1 aliphatic rings. The van der Waals surface area contributed by atoms with Crippen LogP contribution in [0.3, 0.4) is 0 Å². The smallest absolute Gasteiger partial charge is 0.407 e. The monoisotopic (exact) mass is 931 g/mol. The Kier molecular flexibility index (Phi) is 29.9. The number of amides is 7. The van der Waals surface area contributed by atoms with E-state index in [1.807, 2.05) is 6.92 Å². The second kappa shape index (κ2) is 33.2. The number of aliphatic hydroxyl groups excluding tert-OH is 1. The van der Waals surface area contributed by atoms with Crippen LogP contribution in [0.5, 0.6) is 0 Å². The molecule has 22 heteroatoms. The Balaban J connectivity index is 2.65. The van der Waals surface area contributed by atoms with Gasteiger partial charge in [-0.3, -0.25) is 38.4 Å². The summed E-state index contributed by atoms with van der Waals surface area (Å²) in [6.07, 6.45) is 2.72. The van der Waals surface area contributed by atoms with Crippen LogP contribution < -0.4 is 43.0 Å². The Morgan fingerprint density at radius 3 is 1.91 bits per heavy atom. The maximum absolute atomic E-state index is 13.3. The molecule has 1 fully saturated rings. The fourth-order valence-electron chi connectivity index (χ4n) is 6.24. The maximum Gasteiger partial charge on any atom is 0.407 e. The van der Waals surface area contributed by atoms with E-state index in [0.717, 1.165) is 11.8 Å². The summed E-state index contributed by atoms with van der Waals surface area (Å²) in [5.41, 5.74) is 4.87. The molecule has 0 aromatic heterocycles. The SMILES string of the molecule is CCCNC(=O)C(CSC1CC(=O)C(CCC(=O)NC(CCCCNC(=O)OC(C)(C)C)C(=O)NCCOCCOCCC(=O)NC(CCCCN)C(=O)NCCO)C1=O)NC(C)=O. The molecule has 7 amide bonds. The first kappa shape index (κ1) is 57.6. The predicted octanol–water partition coefficient (Wildman–Crippen LogP) is -0.501. The number of hydrogen-bond acceptors (Lipinski definition) is 15. The lowest BCUT2D eigenvalue weighted by atomic mass is 9.99. The summed E-state index contributed by atoms with van der Waals surface area (Å²) in [4.78, 5) is 114. The fraction of sp³-hybridized carbons (Fsp3) is 0.786. The van der Waals surface area contributed by atoms with Gasteiger partial charge in [0.25, 0.3) is 0 Å². The van der Waals surface area contributed by atoms with Gasteiger partial charge in [0, 0.05) is 58.1 Å².